The minimum absolute atomic E-state index is 0.118. The largest absolute Gasteiger partial charge is 0.309 e. The maximum absolute atomic E-state index is 5.50. The summed E-state index contributed by atoms with van der Waals surface area (Å²) >= 11 is 0. The topological polar surface area (TPSA) is 35.6 Å². The fourth-order valence-electron chi connectivity index (χ4n) is 10.5. The van der Waals surface area contributed by atoms with Crippen LogP contribution in [-0.4, -0.2) is 19.1 Å². The maximum Gasteiger partial charge on any atom is 0.235 e. The van der Waals surface area contributed by atoms with Crippen molar-refractivity contribution < 1.29 is 0 Å². The van der Waals surface area contributed by atoms with Crippen molar-refractivity contribution in [3.05, 3.63) is 205 Å². The highest BCUT2D eigenvalue weighted by Crippen LogP contribution is 2.50. The predicted molar refractivity (Wildman–Crippen MR) is 254 cm³/mol. The quantitative estimate of drug-likeness (QED) is 0.178. The Morgan fingerprint density at radius 1 is 0.377 bits per heavy atom. The Morgan fingerprint density at radius 2 is 0.984 bits per heavy atom. The lowest BCUT2D eigenvalue weighted by Gasteiger charge is -2.22. The van der Waals surface area contributed by atoms with E-state index in [-0.39, 0.29) is 5.41 Å². The molecule has 0 radical (unpaired) electrons. The fraction of sp³-hybridized carbons (Fsp3) is 0.0526. The average Bonchev–Trinajstić information content (AvgIpc) is 3.91. The second kappa shape index (κ2) is 12.6. The Labute approximate surface area is 352 Å². The highest BCUT2D eigenvalue weighted by Gasteiger charge is 2.35. The van der Waals surface area contributed by atoms with Crippen molar-refractivity contribution in [3.8, 4) is 45.1 Å². The first-order valence-corrected chi connectivity index (χ1v) is 21.1. The smallest absolute Gasteiger partial charge is 0.235 e. The van der Waals surface area contributed by atoms with E-state index in [1.54, 1.807) is 0 Å². The Bertz CT molecular complexity index is 3790. The molecule has 3 heterocycles. The molecule has 1 aliphatic rings. The van der Waals surface area contributed by atoms with Crippen LogP contribution in [-0.2, 0) is 5.41 Å². The van der Waals surface area contributed by atoms with E-state index < -0.39 is 0 Å². The van der Waals surface area contributed by atoms with Crippen LogP contribution in [0.2, 0.25) is 0 Å². The summed E-state index contributed by atoms with van der Waals surface area (Å²) in [5, 5.41) is 8.31. The van der Waals surface area contributed by atoms with Crippen molar-refractivity contribution in [3.63, 3.8) is 0 Å². The normalized spacial score (nSPS) is 13.2. The molecule has 286 valence electrons. The first-order chi connectivity index (χ1) is 30.0. The zero-order valence-electron chi connectivity index (χ0n) is 33.8. The van der Waals surface area contributed by atoms with Crippen LogP contribution in [0.4, 0.5) is 0 Å². The van der Waals surface area contributed by atoms with Crippen LogP contribution in [0, 0.1) is 0 Å². The standard InChI is InChI=1S/C57H38N4/c1-57(2)48-24-12-8-19-39(48)40-30-28-36(33-49(40)57)54-44-23-9-13-25-50(44)58-56(59-54)61-52-27-15-10-20-41(52)46-32-35(29-31-53(46)61)45-34-47-42-21-11-14-26-51(42)60(37-16-4-3-5-17-37)55(47)43-22-7-6-18-38(43)45/h3-34H,1-2H3. The Kier molecular flexibility index (Phi) is 7.04. The zero-order chi connectivity index (χ0) is 40.4. The van der Waals surface area contributed by atoms with Crippen molar-refractivity contribution in [1.29, 1.82) is 0 Å². The number of aromatic nitrogens is 4. The molecule has 12 aromatic rings. The van der Waals surface area contributed by atoms with E-state index in [4.69, 9.17) is 9.97 Å². The minimum atomic E-state index is -0.118. The lowest BCUT2D eigenvalue weighted by molar-refractivity contribution is 0.660. The predicted octanol–water partition coefficient (Wildman–Crippen LogP) is 14.6. The van der Waals surface area contributed by atoms with Crippen LogP contribution in [0.5, 0.6) is 0 Å². The van der Waals surface area contributed by atoms with Gasteiger partial charge in [0.15, 0.2) is 0 Å². The Hall–Kier alpha value is -7.82. The van der Waals surface area contributed by atoms with Crippen LogP contribution in [0.25, 0.3) is 110 Å². The molecule has 0 saturated heterocycles. The van der Waals surface area contributed by atoms with Gasteiger partial charge in [-0.3, -0.25) is 4.57 Å². The number of hydrogen-bond acceptors (Lipinski definition) is 2. The van der Waals surface area contributed by atoms with E-state index in [1.165, 1.54) is 76.7 Å². The van der Waals surface area contributed by atoms with Crippen molar-refractivity contribution in [2.24, 2.45) is 0 Å². The van der Waals surface area contributed by atoms with Gasteiger partial charge in [-0.1, -0.05) is 153 Å². The molecule has 0 amide bonds. The molecular weight excluding hydrogens is 741 g/mol. The lowest BCUT2D eigenvalue weighted by Crippen LogP contribution is -2.15. The second-order valence-electron chi connectivity index (χ2n) is 17.0. The van der Waals surface area contributed by atoms with Gasteiger partial charge >= 0.3 is 0 Å². The molecule has 9 aromatic carbocycles. The number of fused-ring (bicyclic) bond motifs is 12. The van der Waals surface area contributed by atoms with E-state index in [0.717, 1.165) is 38.9 Å². The number of para-hydroxylation sites is 4. The minimum Gasteiger partial charge on any atom is -0.309 e. The Morgan fingerprint density at radius 3 is 1.80 bits per heavy atom. The lowest BCUT2D eigenvalue weighted by atomic mass is 9.82. The van der Waals surface area contributed by atoms with Crippen molar-refractivity contribution in [2.75, 3.05) is 0 Å². The van der Waals surface area contributed by atoms with Crippen molar-refractivity contribution >= 4 is 65.3 Å². The van der Waals surface area contributed by atoms with Gasteiger partial charge in [0.05, 0.1) is 33.3 Å². The van der Waals surface area contributed by atoms with Gasteiger partial charge < -0.3 is 4.57 Å². The van der Waals surface area contributed by atoms with Gasteiger partial charge in [0.2, 0.25) is 5.95 Å². The van der Waals surface area contributed by atoms with Gasteiger partial charge in [0.1, 0.15) is 0 Å². The summed E-state index contributed by atoms with van der Waals surface area (Å²) in [5.41, 5.74) is 16.3. The highest BCUT2D eigenvalue weighted by molar-refractivity contribution is 6.22. The van der Waals surface area contributed by atoms with Gasteiger partial charge in [-0.2, -0.15) is 0 Å². The molecule has 0 unspecified atom stereocenters. The van der Waals surface area contributed by atoms with Crippen LogP contribution in [0.15, 0.2) is 194 Å². The average molecular weight is 779 g/mol. The van der Waals surface area contributed by atoms with E-state index in [1.807, 2.05) is 0 Å². The highest BCUT2D eigenvalue weighted by atomic mass is 15.2. The van der Waals surface area contributed by atoms with E-state index >= 15 is 0 Å². The molecule has 13 rings (SSSR count). The maximum atomic E-state index is 5.50. The summed E-state index contributed by atoms with van der Waals surface area (Å²) in [7, 11) is 0. The molecule has 3 aromatic heterocycles. The number of nitrogens with zero attached hydrogens (tertiary/aromatic N) is 4. The molecule has 0 atom stereocenters. The summed E-state index contributed by atoms with van der Waals surface area (Å²) in [6, 6.07) is 70.5. The number of benzene rings is 9. The van der Waals surface area contributed by atoms with Gasteiger partial charge in [-0.05, 0) is 93.4 Å². The molecule has 4 heteroatoms. The summed E-state index contributed by atoms with van der Waals surface area (Å²) in [6.07, 6.45) is 0. The van der Waals surface area contributed by atoms with Crippen molar-refractivity contribution in [1.82, 2.24) is 19.1 Å². The number of rotatable bonds is 4. The second-order valence-corrected chi connectivity index (χ2v) is 17.0. The van der Waals surface area contributed by atoms with E-state index in [0.29, 0.717) is 5.95 Å². The van der Waals surface area contributed by atoms with E-state index in [2.05, 4.69) is 217 Å². The summed E-state index contributed by atoms with van der Waals surface area (Å²) < 4.78 is 4.68. The van der Waals surface area contributed by atoms with E-state index in [9.17, 15) is 0 Å². The molecular formula is C57H38N4. The molecule has 4 nitrogen and oxygen atoms in total. The first-order valence-electron chi connectivity index (χ1n) is 21.1. The van der Waals surface area contributed by atoms with Crippen LogP contribution in [0.3, 0.4) is 0 Å². The zero-order valence-corrected chi connectivity index (χ0v) is 33.8. The van der Waals surface area contributed by atoms with Crippen molar-refractivity contribution in [2.45, 2.75) is 19.3 Å². The Balaban J connectivity index is 1.03. The van der Waals surface area contributed by atoms with Gasteiger partial charge in [-0.15, -0.1) is 0 Å². The molecule has 61 heavy (non-hydrogen) atoms. The van der Waals surface area contributed by atoms with Gasteiger partial charge in [-0.25, -0.2) is 9.97 Å². The molecule has 0 saturated carbocycles. The van der Waals surface area contributed by atoms with Gasteiger partial charge in [0.25, 0.3) is 0 Å². The van der Waals surface area contributed by atoms with Crippen LogP contribution < -0.4 is 0 Å². The molecule has 0 spiro atoms. The molecule has 0 aliphatic heterocycles. The number of hydrogen-bond donors (Lipinski definition) is 0. The summed E-state index contributed by atoms with van der Waals surface area (Å²) in [4.78, 5) is 10.8. The summed E-state index contributed by atoms with van der Waals surface area (Å²) in [5.74, 6) is 0.663. The summed E-state index contributed by atoms with van der Waals surface area (Å²) in [6.45, 7) is 4.67. The SMILES string of the molecule is CC1(C)c2ccccc2-c2ccc(-c3nc(-n4c5ccccc5c5cc(-c6cc7c8ccccc8n(-c8ccccc8)c7c7ccccc67)ccc54)nc4ccccc34)cc21. The van der Waals surface area contributed by atoms with Crippen LogP contribution >= 0.6 is 0 Å². The molecule has 0 N–H and O–H groups in total. The molecule has 0 fully saturated rings. The van der Waals surface area contributed by atoms with Crippen LogP contribution in [0.1, 0.15) is 25.0 Å². The first kappa shape index (κ1) is 34.1. The molecule has 1 aliphatic carbocycles. The third-order valence-corrected chi connectivity index (χ3v) is 13.3. The third kappa shape index (κ3) is 4.82. The molecule has 0 bridgehead atoms. The third-order valence-electron chi connectivity index (χ3n) is 13.3. The fourth-order valence-corrected chi connectivity index (χ4v) is 10.5. The monoisotopic (exact) mass is 778 g/mol. The van der Waals surface area contributed by atoms with Gasteiger partial charge in [0, 0.05) is 49.0 Å².